The van der Waals surface area contributed by atoms with Crippen molar-refractivity contribution in [2.24, 2.45) is 0 Å². The summed E-state index contributed by atoms with van der Waals surface area (Å²) < 4.78 is 32.3. The lowest BCUT2D eigenvalue weighted by molar-refractivity contribution is 0.0102. The lowest BCUT2D eigenvalue weighted by Gasteiger charge is -2.30. The molecule has 2 rings (SSSR count). The number of hydrogen-bond donors (Lipinski definition) is 1. The summed E-state index contributed by atoms with van der Waals surface area (Å²) in [5.74, 6) is 0.425. The van der Waals surface area contributed by atoms with Crippen molar-refractivity contribution in [3.05, 3.63) is 18.3 Å². The molecule has 1 saturated heterocycles. The van der Waals surface area contributed by atoms with Gasteiger partial charge in [0, 0.05) is 25.8 Å². The first-order chi connectivity index (χ1) is 9.55. The van der Waals surface area contributed by atoms with Crippen LogP contribution in [0.15, 0.2) is 23.2 Å². The van der Waals surface area contributed by atoms with Crippen molar-refractivity contribution in [3.8, 4) is 0 Å². The van der Waals surface area contributed by atoms with Crippen molar-refractivity contribution >= 4 is 15.8 Å². The smallest absolute Gasteiger partial charge is 0.246 e. The number of nitrogens with one attached hydrogen (secondary N) is 1. The van der Waals surface area contributed by atoms with Gasteiger partial charge in [-0.2, -0.15) is 4.31 Å². The number of anilines is 1. The Morgan fingerprint density at radius 2 is 2.35 bits per heavy atom. The number of rotatable bonds is 5. The van der Waals surface area contributed by atoms with Crippen molar-refractivity contribution in [1.82, 2.24) is 9.29 Å². The van der Waals surface area contributed by atoms with Gasteiger partial charge in [0.05, 0.1) is 12.7 Å². The van der Waals surface area contributed by atoms with Crippen molar-refractivity contribution in [2.75, 3.05) is 31.6 Å². The highest BCUT2D eigenvalue weighted by molar-refractivity contribution is 7.89. The molecule has 1 aromatic rings. The summed E-state index contributed by atoms with van der Waals surface area (Å²) in [5.41, 5.74) is 0. The Hall–Kier alpha value is -1.18. The van der Waals surface area contributed by atoms with Crippen LogP contribution in [0, 0.1) is 0 Å². The molecule has 0 aromatic carbocycles. The van der Waals surface area contributed by atoms with E-state index >= 15 is 0 Å². The zero-order chi connectivity index (χ0) is 14.6. The quantitative estimate of drug-likeness (QED) is 0.887. The Labute approximate surface area is 120 Å². The molecule has 0 spiro atoms. The fourth-order valence-corrected chi connectivity index (χ4v) is 3.74. The summed E-state index contributed by atoms with van der Waals surface area (Å²) in [6.07, 6.45) is 2.42. The van der Waals surface area contributed by atoms with Gasteiger partial charge in [0.25, 0.3) is 0 Å². The van der Waals surface area contributed by atoms with Crippen LogP contribution in [0.3, 0.4) is 0 Å². The van der Waals surface area contributed by atoms with E-state index in [1.165, 1.54) is 4.31 Å². The van der Waals surface area contributed by atoms with Crippen LogP contribution in [0.2, 0.25) is 0 Å². The van der Waals surface area contributed by atoms with Gasteiger partial charge in [-0.05, 0) is 25.5 Å². The maximum absolute atomic E-state index is 12.7. The van der Waals surface area contributed by atoms with Crippen molar-refractivity contribution in [2.45, 2.75) is 31.3 Å². The Morgan fingerprint density at radius 3 is 3.05 bits per heavy atom. The fraction of sp³-hybridized carbons (Fsp3) is 0.615. The van der Waals surface area contributed by atoms with Crippen molar-refractivity contribution in [3.63, 3.8) is 0 Å². The van der Waals surface area contributed by atoms with Gasteiger partial charge in [0.15, 0.2) is 0 Å². The van der Waals surface area contributed by atoms with Gasteiger partial charge in [0.2, 0.25) is 10.0 Å². The number of hydrogen-bond acceptors (Lipinski definition) is 5. The highest BCUT2D eigenvalue weighted by Crippen LogP contribution is 2.24. The monoisotopic (exact) mass is 299 g/mol. The summed E-state index contributed by atoms with van der Waals surface area (Å²) in [6.45, 7) is 5.78. The molecule has 1 aliphatic rings. The molecule has 1 fully saturated rings. The molecule has 0 bridgehead atoms. The largest absolute Gasteiger partial charge is 0.376 e. The van der Waals surface area contributed by atoms with Crippen LogP contribution in [0.5, 0.6) is 0 Å². The molecule has 1 atom stereocenters. The van der Waals surface area contributed by atoms with Crippen LogP contribution in [-0.2, 0) is 14.8 Å². The molecule has 0 radical (unpaired) electrons. The second-order valence-corrected chi connectivity index (χ2v) is 6.73. The van der Waals surface area contributed by atoms with E-state index < -0.39 is 10.0 Å². The van der Waals surface area contributed by atoms with Gasteiger partial charge < -0.3 is 10.1 Å². The minimum atomic E-state index is -3.53. The van der Waals surface area contributed by atoms with Gasteiger partial charge in [-0.1, -0.05) is 6.92 Å². The normalized spacial score (nSPS) is 20.8. The molecule has 112 valence electrons. The van der Waals surface area contributed by atoms with Crippen molar-refractivity contribution < 1.29 is 13.2 Å². The number of nitrogens with zero attached hydrogens (tertiary/aromatic N) is 2. The molecule has 0 saturated carbocycles. The third-order valence-electron chi connectivity index (χ3n) is 3.13. The van der Waals surface area contributed by atoms with Gasteiger partial charge in [-0.25, -0.2) is 13.4 Å². The first-order valence-electron chi connectivity index (χ1n) is 6.86. The highest BCUT2D eigenvalue weighted by atomic mass is 32.2. The minimum absolute atomic E-state index is 0.0813. The number of morpholine rings is 1. The molecular formula is C13H21N3O3S. The first-order valence-corrected chi connectivity index (χ1v) is 8.30. The van der Waals surface area contributed by atoms with E-state index in [-0.39, 0.29) is 11.0 Å². The van der Waals surface area contributed by atoms with Gasteiger partial charge >= 0.3 is 0 Å². The first kappa shape index (κ1) is 15.2. The number of ether oxygens (including phenoxy) is 1. The SMILES string of the molecule is CCCNc1ncccc1S(=O)(=O)N1CCOC(C)C1. The molecule has 0 aliphatic carbocycles. The molecule has 1 unspecified atom stereocenters. The van der Waals surface area contributed by atoms with E-state index in [0.717, 1.165) is 6.42 Å². The Kier molecular flexibility index (Phi) is 4.95. The van der Waals surface area contributed by atoms with Crippen LogP contribution < -0.4 is 5.32 Å². The number of sulfonamides is 1. The van der Waals surface area contributed by atoms with Crippen LogP contribution in [0.1, 0.15) is 20.3 Å². The van der Waals surface area contributed by atoms with Gasteiger partial charge in [-0.3, -0.25) is 0 Å². The van der Waals surface area contributed by atoms with E-state index in [1.54, 1.807) is 18.3 Å². The third-order valence-corrected chi connectivity index (χ3v) is 5.03. The molecule has 1 aromatic heterocycles. The van der Waals surface area contributed by atoms with E-state index in [2.05, 4.69) is 10.3 Å². The molecule has 6 nitrogen and oxygen atoms in total. The maximum Gasteiger partial charge on any atom is 0.246 e. The average Bonchev–Trinajstić information content (AvgIpc) is 2.45. The molecule has 20 heavy (non-hydrogen) atoms. The van der Waals surface area contributed by atoms with Crippen LogP contribution >= 0.6 is 0 Å². The van der Waals surface area contributed by atoms with Crippen LogP contribution in [0.4, 0.5) is 5.82 Å². The third kappa shape index (κ3) is 3.28. The summed E-state index contributed by atoms with van der Waals surface area (Å²) >= 11 is 0. The summed E-state index contributed by atoms with van der Waals surface area (Å²) in [5, 5.41) is 3.07. The standard InChI is InChI=1S/C13H21N3O3S/c1-3-6-14-13-12(5-4-7-15-13)20(17,18)16-8-9-19-11(2)10-16/h4-5,7,11H,3,6,8-10H2,1-2H3,(H,14,15). The lowest BCUT2D eigenvalue weighted by Crippen LogP contribution is -2.44. The predicted molar refractivity (Wildman–Crippen MR) is 77.2 cm³/mol. The van der Waals surface area contributed by atoms with Crippen LogP contribution in [0.25, 0.3) is 0 Å². The van der Waals surface area contributed by atoms with Gasteiger partial charge in [-0.15, -0.1) is 0 Å². The minimum Gasteiger partial charge on any atom is -0.376 e. The molecule has 0 amide bonds. The van der Waals surface area contributed by atoms with Crippen molar-refractivity contribution in [1.29, 1.82) is 0 Å². The molecule has 7 heteroatoms. The Balaban J connectivity index is 2.29. The molecular weight excluding hydrogens is 278 g/mol. The fourth-order valence-electron chi connectivity index (χ4n) is 2.12. The predicted octanol–water partition coefficient (Wildman–Crippen LogP) is 1.31. The van der Waals surface area contributed by atoms with E-state index in [9.17, 15) is 8.42 Å². The number of pyridine rings is 1. The second kappa shape index (κ2) is 6.51. The zero-order valence-corrected chi connectivity index (χ0v) is 12.7. The second-order valence-electron chi connectivity index (χ2n) is 4.82. The number of aromatic nitrogens is 1. The molecule has 1 aliphatic heterocycles. The van der Waals surface area contributed by atoms with Crippen LogP contribution in [-0.4, -0.2) is 50.1 Å². The maximum atomic E-state index is 12.7. The summed E-state index contributed by atoms with van der Waals surface area (Å²) in [6, 6.07) is 3.24. The molecule has 2 heterocycles. The Bertz CT molecular complexity index is 548. The Morgan fingerprint density at radius 1 is 1.55 bits per heavy atom. The van der Waals surface area contributed by atoms with E-state index in [1.807, 2.05) is 13.8 Å². The van der Waals surface area contributed by atoms with E-state index in [4.69, 9.17) is 4.74 Å². The lowest BCUT2D eigenvalue weighted by atomic mass is 10.3. The molecule has 1 N–H and O–H groups in total. The summed E-state index contributed by atoms with van der Waals surface area (Å²) in [4.78, 5) is 4.39. The zero-order valence-electron chi connectivity index (χ0n) is 11.9. The summed E-state index contributed by atoms with van der Waals surface area (Å²) in [7, 11) is -3.53. The topological polar surface area (TPSA) is 71.5 Å². The highest BCUT2D eigenvalue weighted by Gasteiger charge is 2.31. The van der Waals surface area contributed by atoms with Gasteiger partial charge in [0.1, 0.15) is 10.7 Å². The van der Waals surface area contributed by atoms with E-state index in [0.29, 0.717) is 32.1 Å². The average molecular weight is 299 g/mol.